The number of ether oxygens (including phenoxy) is 2. The summed E-state index contributed by atoms with van der Waals surface area (Å²) in [4.78, 5) is 27.9. The molecule has 1 saturated heterocycles. The van der Waals surface area contributed by atoms with E-state index in [0.717, 1.165) is 5.56 Å². The highest BCUT2D eigenvalue weighted by molar-refractivity contribution is 5.87. The number of carbonyl (C=O) groups excluding carboxylic acids is 2. The van der Waals surface area contributed by atoms with Crippen LogP contribution in [0.25, 0.3) is 0 Å². The number of nitrogens with zero attached hydrogens (tertiary/aromatic N) is 2. The zero-order valence-electron chi connectivity index (χ0n) is 18.0. The Bertz CT molecular complexity index is 686. The first-order chi connectivity index (χ1) is 12.9. The Balaban J connectivity index is 2.26. The minimum absolute atomic E-state index is 0.358. The fraction of sp³-hybridized carbons (Fsp3) is 0.619. The lowest BCUT2D eigenvalue weighted by atomic mass is 9.88. The van der Waals surface area contributed by atoms with E-state index in [9.17, 15) is 9.59 Å². The van der Waals surface area contributed by atoms with Crippen LogP contribution in [0, 0.1) is 0 Å². The van der Waals surface area contributed by atoms with Crippen molar-refractivity contribution < 1.29 is 19.1 Å². The second kappa shape index (κ2) is 8.09. The SMILES string of the molecule is COC(=O)C1(N(NC(C)(C)C)C(=O)OC(C)(C)C)CN(Cc2ccccc2)C1. The standard InChI is InChI=1S/C21H33N3O4/c1-19(2,3)22-24(18(26)28-20(4,5)6)21(17(25)27-7)14-23(15-21)13-16-11-9-8-10-12-16/h8-12,22H,13-15H2,1-7H3. The van der Waals surface area contributed by atoms with Gasteiger partial charge in [0.25, 0.3) is 0 Å². The number of benzene rings is 1. The number of hydrazine groups is 1. The predicted octanol–water partition coefficient (Wildman–Crippen LogP) is 2.95. The molecule has 0 aromatic heterocycles. The largest absolute Gasteiger partial charge is 0.467 e. The molecule has 7 heteroatoms. The van der Waals surface area contributed by atoms with E-state index < -0.39 is 28.7 Å². The van der Waals surface area contributed by atoms with Crippen LogP contribution in [0.1, 0.15) is 47.1 Å². The van der Waals surface area contributed by atoms with E-state index in [1.807, 2.05) is 51.1 Å². The van der Waals surface area contributed by atoms with E-state index in [4.69, 9.17) is 9.47 Å². The number of methoxy groups -OCH3 is 1. The number of carbonyl (C=O) groups is 2. The molecule has 0 radical (unpaired) electrons. The van der Waals surface area contributed by atoms with Gasteiger partial charge in [0.1, 0.15) is 5.60 Å². The molecule has 0 bridgehead atoms. The van der Waals surface area contributed by atoms with E-state index in [-0.39, 0.29) is 0 Å². The summed E-state index contributed by atoms with van der Waals surface area (Å²) in [6, 6.07) is 10.0. The molecule has 0 unspecified atom stereocenters. The molecule has 1 N–H and O–H groups in total. The minimum Gasteiger partial charge on any atom is -0.467 e. The normalized spacial score (nSPS) is 16.8. The van der Waals surface area contributed by atoms with Gasteiger partial charge in [0.05, 0.1) is 7.11 Å². The summed E-state index contributed by atoms with van der Waals surface area (Å²) < 4.78 is 10.7. The molecule has 156 valence electrons. The molecule has 0 spiro atoms. The van der Waals surface area contributed by atoms with Crippen molar-refractivity contribution in [3.8, 4) is 0 Å². The molecular formula is C21H33N3O4. The van der Waals surface area contributed by atoms with Gasteiger partial charge in [0, 0.05) is 25.2 Å². The van der Waals surface area contributed by atoms with Gasteiger partial charge in [-0.15, -0.1) is 0 Å². The van der Waals surface area contributed by atoms with Gasteiger partial charge < -0.3 is 9.47 Å². The second-order valence-corrected chi connectivity index (χ2v) is 9.33. The van der Waals surface area contributed by atoms with E-state index >= 15 is 0 Å². The Hall–Kier alpha value is -2.12. The molecule has 2 rings (SSSR count). The lowest BCUT2D eigenvalue weighted by Crippen LogP contribution is -2.79. The molecule has 1 amide bonds. The molecule has 1 aliphatic heterocycles. The molecule has 7 nitrogen and oxygen atoms in total. The molecular weight excluding hydrogens is 358 g/mol. The number of hydrogen-bond acceptors (Lipinski definition) is 6. The van der Waals surface area contributed by atoms with Crippen LogP contribution in [-0.4, -0.2) is 58.8 Å². The highest BCUT2D eigenvalue weighted by Crippen LogP contribution is 2.32. The molecule has 0 atom stereocenters. The summed E-state index contributed by atoms with van der Waals surface area (Å²) in [6.45, 7) is 12.6. The van der Waals surface area contributed by atoms with Gasteiger partial charge in [0.15, 0.2) is 5.54 Å². The first-order valence-corrected chi connectivity index (χ1v) is 9.52. The van der Waals surface area contributed by atoms with Crippen LogP contribution in [0.3, 0.4) is 0 Å². The van der Waals surface area contributed by atoms with Crippen molar-refractivity contribution in [2.75, 3.05) is 20.2 Å². The van der Waals surface area contributed by atoms with Crippen LogP contribution in [0.5, 0.6) is 0 Å². The van der Waals surface area contributed by atoms with Crippen molar-refractivity contribution in [1.82, 2.24) is 15.3 Å². The predicted molar refractivity (Wildman–Crippen MR) is 107 cm³/mol. The number of esters is 1. The summed E-state index contributed by atoms with van der Waals surface area (Å²) in [5, 5.41) is 1.32. The average molecular weight is 392 g/mol. The van der Waals surface area contributed by atoms with E-state index in [0.29, 0.717) is 19.6 Å². The first kappa shape index (κ1) is 22.2. The Morgan fingerprint density at radius 1 is 1.11 bits per heavy atom. The molecule has 0 saturated carbocycles. The van der Waals surface area contributed by atoms with Gasteiger partial charge in [-0.25, -0.2) is 20.0 Å². The van der Waals surface area contributed by atoms with Crippen LogP contribution in [0.4, 0.5) is 4.79 Å². The Labute approximate surface area is 167 Å². The zero-order valence-corrected chi connectivity index (χ0v) is 18.0. The number of amides is 1. The van der Waals surface area contributed by atoms with Gasteiger partial charge in [-0.3, -0.25) is 4.90 Å². The quantitative estimate of drug-likeness (QED) is 0.615. The van der Waals surface area contributed by atoms with Crippen LogP contribution in [0.15, 0.2) is 30.3 Å². The third-order valence-electron chi connectivity index (χ3n) is 4.24. The van der Waals surface area contributed by atoms with Crippen molar-refractivity contribution in [2.45, 2.75) is 64.8 Å². The maximum Gasteiger partial charge on any atom is 0.425 e. The van der Waals surface area contributed by atoms with Gasteiger partial charge in [-0.2, -0.15) is 0 Å². The van der Waals surface area contributed by atoms with Gasteiger partial charge in [-0.1, -0.05) is 30.3 Å². The first-order valence-electron chi connectivity index (χ1n) is 9.52. The smallest absolute Gasteiger partial charge is 0.425 e. The second-order valence-electron chi connectivity index (χ2n) is 9.33. The average Bonchev–Trinajstić information content (AvgIpc) is 2.53. The van der Waals surface area contributed by atoms with Crippen molar-refractivity contribution in [1.29, 1.82) is 0 Å². The Morgan fingerprint density at radius 3 is 2.14 bits per heavy atom. The lowest BCUT2D eigenvalue weighted by Gasteiger charge is -2.54. The molecule has 1 aliphatic rings. The van der Waals surface area contributed by atoms with Crippen molar-refractivity contribution >= 4 is 12.1 Å². The molecule has 1 fully saturated rings. The number of hydrogen-bond donors (Lipinski definition) is 1. The Kier molecular flexibility index (Phi) is 6.41. The van der Waals surface area contributed by atoms with E-state index in [2.05, 4.69) is 10.3 Å². The summed E-state index contributed by atoms with van der Waals surface area (Å²) in [6.07, 6.45) is -0.591. The summed E-state index contributed by atoms with van der Waals surface area (Å²) in [5.41, 5.74) is 2.03. The van der Waals surface area contributed by atoms with Gasteiger partial charge in [0.2, 0.25) is 0 Å². The monoisotopic (exact) mass is 391 g/mol. The van der Waals surface area contributed by atoms with Gasteiger partial charge >= 0.3 is 12.1 Å². The van der Waals surface area contributed by atoms with Crippen LogP contribution < -0.4 is 5.43 Å². The lowest BCUT2D eigenvalue weighted by molar-refractivity contribution is -0.175. The van der Waals surface area contributed by atoms with Crippen molar-refractivity contribution in [3.05, 3.63) is 35.9 Å². The number of nitrogens with one attached hydrogen (secondary N) is 1. The fourth-order valence-corrected chi connectivity index (χ4v) is 3.17. The number of rotatable bonds is 5. The Morgan fingerprint density at radius 2 is 1.68 bits per heavy atom. The molecule has 1 aromatic rings. The summed E-state index contributed by atoms with van der Waals surface area (Å²) in [7, 11) is 1.34. The maximum atomic E-state index is 13.0. The highest BCUT2D eigenvalue weighted by atomic mass is 16.6. The fourth-order valence-electron chi connectivity index (χ4n) is 3.17. The van der Waals surface area contributed by atoms with Crippen molar-refractivity contribution in [3.63, 3.8) is 0 Å². The minimum atomic E-state index is -1.14. The van der Waals surface area contributed by atoms with Crippen molar-refractivity contribution in [2.24, 2.45) is 0 Å². The molecule has 0 aliphatic carbocycles. The van der Waals surface area contributed by atoms with Crippen LogP contribution >= 0.6 is 0 Å². The van der Waals surface area contributed by atoms with E-state index in [1.54, 1.807) is 20.8 Å². The van der Waals surface area contributed by atoms with Crippen LogP contribution in [0.2, 0.25) is 0 Å². The molecule has 1 heterocycles. The zero-order chi connectivity index (χ0) is 21.2. The topological polar surface area (TPSA) is 71.1 Å². The maximum absolute atomic E-state index is 13.0. The van der Waals surface area contributed by atoms with Gasteiger partial charge in [-0.05, 0) is 47.1 Å². The van der Waals surface area contributed by atoms with E-state index in [1.165, 1.54) is 12.1 Å². The highest BCUT2D eigenvalue weighted by Gasteiger charge is 2.58. The summed E-state index contributed by atoms with van der Waals surface area (Å²) in [5.74, 6) is -0.459. The molecule has 1 aromatic carbocycles. The number of likely N-dealkylation sites (tertiary alicyclic amines) is 1. The van der Waals surface area contributed by atoms with Crippen LogP contribution in [-0.2, 0) is 20.8 Å². The molecule has 28 heavy (non-hydrogen) atoms. The third kappa shape index (κ3) is 5.45. The summed E-state index contributed by atoms with van der Waals surface area (Å²) >= 11 is 0. The third-order valence-corrected chi connectivity index (χ3v) is 4.24.